The van der Waals surface area contributed by atoms with Crippen molar-refractivity contribution in [2.24, 2.45) is 5.73 Å². The number of nitrogens with one attached hydrogen (secondary N) is 1. The third-order valence-corrected chi connectivity index (χ3v) is 6.37. The van der Waals surface area contributed by atoms with Crippen molar-refractivity contribution in [3.05, 3.63) is 69.5 Å². The maximum atomic E-state index is 14.7. The van der Waals surface area contributed by atoms with Crippen molar-refractivity contribution in [1.29, 1.82) is 0 Å². The second-order valence-corrected chi connectivity index (χ2v) is 10.1. The van der Waals surface area contributed by atoms with Crippen LogP contribution in [0.3, 0.4) is 0 Å². The average molecular weight is 534 g/mol. The van der Waals surface area contributed by atoms with E-state index in [2.05, 4.69) is 45.9 Å². The summed E-state index contributed by atoms with van der Waals surface area (Å²) in [5.41, 5.74) is 13.7. The van der Waals surface area contributed by atoms with E-state index in [0.717, 1.165) is 19.2 Å². The van der Waals surface area contributed by atoms with E-state index in [0.29, 0.717) is 23.1 Å². The van der Waals surface area contributed by atoms with Gasteiger partial charge in [-0.05, 0) is 13.0 Å². The van der Waals surface area contributed by atoms with E-state index in [1.807, 2.05) is 0 Å². The predicted octanol–water partition coefficient (Wildman–Crippen LogP) is 2.11. The Morgan fingerprint density at radius 2 is 1.78 bits per heavy atom. The minimum atomic E-state index is -1.16. The van der Waals surface area contributed by atoms with Crippen LogP contribution in [0.1, 0.15) is 43.7 Å². The molecule has 1 aliphatic rings. The summed E-state index contributed by atoms with van der Waals surface area (Å²) in [6.07, 6.45) is 4.79. The normalized spacial score (nSPS) is 15.5. The number of nitrogens with zero attached hydrogens (tertiary/aromatic N) is 4. The molecule has 7 N–H and O–H groups in total. The second-order valence-electron chi connectivity index (χ2n) is 9.33. The molecule has 0 saturated carbocycles. The highest BCUT2D eigenvalue weighted by molar-refractivity contribution is 6.35. The largest absolute Gasteiger partial charge is 0.468 e. The van der Waals surface area contributed by atoms with Gasteiger partial charge in [-0.3, -0.25) is 16.1 Å². The fourth-order valence-corrected chi connectivity index (χ4v) is 4.87. The molecule has 0 amide bonds. The molecule has 1 atom stereocenters. The number of halogens is 3. The summed E-state index contributed by atoms with van der Waals surface area (Å²) in [4.78, 5) is 14.9. The fraction of sp³-hybridized carbons (Fsp3) is 0.333. The highest BCUT2D eigenvalue weighted by atomic mass is 35.5. The molecule has 36 heavy (non-hydrogen) atoms. The summed E-state index contributed by atoms with van der Waals surface area (Å²) >= 11 is 12.3. The predicted molar refractivity (Wildman–Crippen MR) is 139 cm³/mol. The number of ether oxygens (including phenoxy) is 1. The molecule has 12 heteroatoms. The third kappa shape index (κ3) is 5.36. The van der Waals surface area contributed by atoms with Crippen LogP contribution in [0, 0.1) is 5.82 Å². The van der Waals surface area contributed by atoms with Gasteiger partial charge in [0, 0.05) is 61.2 Å². The highest BCUT2D eigenvalue weighted by Gasteiger charge is 2.40. The van der Waals surface area contributed by atoms with Crippen LogP contribution in [0.25, 0.3) is 0 Å². The summed E-state index contributed by atoms with van der Waals surface area (Å²) in [7, 11) is 0. The summed E-state index contributed by atoms with van der Waals surface area (Å²) in [5, 5.41) is 10.3. The standard InChI is InChI=1S/C24H27Cl2FN8O/c1-12(2)34-24(3)10-35(11-24)23-32-6-13(7-33-23)21(29)14-4-19(17(27)5-18(14)28)36-22(30)20-15(25)8-31-9-16(20)26/h4-9,12,22,29,34H,10-11,28,30H2,1-3H3/p+1/t22-/m0/s1. The summed E-state index contributed by atoms with van der Waals surface area (Å²) in [6.45, 7) is 7.99. The average Bonchev–Trinajstić information content (AvgIpc) is 2.78. The molecule has 0 bridgehead atoms. The number of nitrogens with two attached hydrogens (primary N) is 3. The Morgan fingerprint density at radius 3 is 2.36 bits per heavy atom. The number of anilines is 2. The molecule has 0 aliphatic carbocycles. The molecule has 9 nitrogen and oxygen atoms in total. The zero-order valence-electron chi connectivity index (χ0n) is 20.1. The van der Waals surface area contributed by atoms with Gasteiger partial charge >= 0.3 is 0 Å². The Labute approximate surface area is 218 Å². The van der Waals surface area contributed by atoms with Gasteiger partial charge in [0.2, 0.25) is 11.7 Å². The Bertz CT molecular complexity index is 1260. The van der Waals surface area contributed by atoms with Crippen LogP contribution in [0.4, 0.5) is 16.0 Å². The van der Waals surface area contributed by atoms with E-state index in [9.17, 15) is 4.39 Å². The molecule has 3 heterocycles. The Balaban J connectivity index is 1.51. The number of nitrogen functional groups attached to an aromatic ring is 1. The minimum absolute atomic E-state index is 0.0197. The first-order chi connectivity index (χ1) is 17.0. The van der Waals surface area contributed by atoms with Crippen LogP contribution < -0.4 is 31.8 Å². The Morgan fingerprint density at radius 1 is 1.17 bits per heavy atom. The van der Waals surface area contributed by atoms with Gasteiger partial charge in [0.25, 0.3) is 0 Å². The Hall–Kier alpha value is -3.05. The van der Waals surface area contributed by atoms with E-state index in [1.165, 1.54) is 18.5 Å². The van der Waals surface area contributed by atoms with Crippen molar-refractivity contribution >= 4 is 40.5 Å². The zero-order valence-corrected chi connectivity index (χ0v) is 21.6. The highest BCUT2D eigenvalue weighted by Crippen LogP contribution is 2.33. The van der Waals surface area contributed by atoms with Crippen LogP contribution in [-0.4, -0.2) is 45.3 Å². The molecule has 1 aliphatic heterocycles. The van der Waals surface area contributed by atoms with E-state index >= 15 is 0 Å². The molecule has 1 saturated heterocycles. The zero-order chi connectivity index (χ0) is 26.2. The number of hydrogen-bond acceptors (Lipinski definition) is 8. The molecule has 190 valence electrons. The summed E-state index contributed by atoms with van der Waals surface area (Å²) in [6, 6.07) is 2.87. The van der Waals surface area contributed by atoms with E-state index in [1.54, 1.807) is 12.4 Å². The Kier molecular flexibility index (Phi) is 7.33. The molecule has 0 spiro atoms. The lowest BCUT2D eigenvalue weighted by atomic mass is 9.92. The van der Waals surface area contributed by atoms with Crippen LogP contribution in [0.2, 0.25) is 10.0 Å². The van der Waals surface area contributed by atoms with Crippen molar-refractivity contribution in [1.82, 2.24) is 20.3 Å². The lowest BCUT2D eigenvalue weighted by Gasteiger charge is -2.49. The maximum Gasteiger partial charge on any atom is 0.225 e. The first-order valence-electron chi connectivity index (χ1n) is 11.3. The quantitative estimate of drug-likeness (QED) is 0.196. The van der Waals surface area contributed by atoms with Crippen LogP contribution in [0.5, 0.6) is 5.75 Å². The van der Waals surface area contributed by atoms with Crippen molar-refractivity contribution in [2.75, 3.05) is 23.7 Å². The monoisotopic (exact) mass is 533 g/mol. The summed E-state index contributed by atoms with van der Waals surface area (Å²) in [5.74, 6) is -0.292. The van der Waals surface area contributed by atoms with Gasteiger partial charge in [-0.2, -0.15) is 0 Å². The van der Waals surface area contributed by atoms with Crippen molar-refractivity contribution in [3.63, 3.8) is 0 Å². The minimum Gasteiger partial charge on any atom is -0.468 e. The van der Waals surface area contributed by atoms with E-state index in [-0.39, 0.29) is 38.3 Å². The molecular weight excluding hydrogens is 506 g/mol. The first-order valence-corrected chi connectivity index (χ1v) is 12.0. The van der Waals surface area contributed by atoms with Crippen molar-refractivity contribution in [3.8, 4) is 5.75 Å². The smallest absolute Gasteiger partial charge is 0.225 e. The van der Waals surface area contributed by atoms with Crippen LogP contribution in [-0.2, 0) is 0 Å². The fourth-order valence-electron chi connectivity index (χ4n) is 4.29. The molecule has 1 fully saturated rings. The molecule has 0 radical (unpaired) electrons. The molecule has 1 aromatic carbocycles. The van der Waals surface area contributed by atoms with E-state index in [4.69, 9.17) is 44.8 Å². The molecule has 0 unspecified atom stereocenters. The summed E-state index contributed by atoms with van der Waals surface area (Å²) < 4.78 is 20.3. The molecular formula is C24H28Cl2FN8O+. The first kappa shape index (κ1) is 26.0. The second kappa shape index (κ2) is 10.1. The van der Waals surface area contributed by atoms with Gasteiger partial charge in [0.15, 0.2) is 17.8 Å². The molecule has 2 aromatic heterocycles. The maximum absolute atomic E-state index is 14.7. The third-order valence-electron chi connectivity index (χ3n) is 5.77. The number of benzene rings is 1. The number of aromatic nitrogens is 3. The lowest BCUT2D eigenvalue weighted by Crippen LogP contribution is -2.69. The van der Waals surface area contributed by atoms with Gasteiger partial charge < -0.3 is 20.7 Å². The van der Waals surface area contributed by atoms with Crippen molar-refractivity contribution < 1.29 is 14.5 Å². The molecule has 3 aromatic rings. The molecule has 4 rings (SSSR count). The lowest BCUT2D eigenvalue weighted by molar-refractivity contribution is -0.111. The SMILES string of the molecule is CC(C)NC1(C)CN(c2ncc(C(=[NH2+])c3cc(O[C@H](N)c4c(Cl)cncc4Cl)c(F)cc3N)cn2)C1. The van der Waals surface area contributed by atoms with Gasteiger partial charge in [-0.15, -0.1) is 0 Å². The number of hydrogen-bond donors (Lipinski definition) is 4. The topological polar surface area (TPSA) is 141 Å². The number of pyridine rings is 1. The van der Waals surface area contributed by atoms with Gasteiger partial charge in [0.05, 0.1) is 26.7 Å². The van der Waals surface area contributed by atoms with Crippen molar-refractivity contribution in [2.45, 2.75) is 38.6 Å². The van der Waals surface area contributed by atoms with Crippen LogP contribution in [0.15, 0.2) is 36.9 Å². The van der Waals surface area contributed by atoms with Gasteiger partial charge in [0.1, 0.15) is 0 Å². The van der Waals surface area contributed by atoms with Gasteiger partial charge in [-0.25, -0.2) is 14.4 Å². The van der Waals surface area contributed by atoms with E-state index < -0.39 is 12.0 Å². The van der Waals surface area contributed by atoms with Crippen LogP contribution >= 0.6 is 23.2 Å². The van der Waals surface area contributed by atoms with Gasteiger partial charge in [-0.1, -0.05) is 37.0 Å². The number of rotatable bonds is 8.